The van der Waals surface area contributed by atoms with E-state index in [1.54, 1.807) is 7.05 Å². The lowest BCUT2D eigenvalue weighted by molar-refractivity contribution is -0.183. The minimum Gasteiger partial charge on any atom is -0.350 e. The number of carbonyl (C=O) groups excluding carboxylic acids is 1. The van der Waals surface area contributed by atoms with Crippen molar-refractivity contribution in [3.8, 4) is 0 Å². The first kappa shape index (κ1) is 16.2. The average Bonchev–Trinajstić information content (AvgIpc) is 2.22. The van der Waals surface area contributed by atoms with Gasteiger partial charge in [0.2, 0.25) is 0 Å². The summed E-state index contributed by atoms with van der Waals surface area (Å²) in [4.78, 5) is 10.9. The van der Waals surface area contributed by atoms with Crippen LogP contribution in [0.25, 0.3) is 0 Å². The van der Waals surface area contributed by atoms with Crippen LogP contribution in [0.2, 0.25) is 0 Å². The Kier molecular flexibility index (Phi) is 8.80. The van der Waals surface area contributed by atoms with Gasteiger partial charge in [-0.1, -0.05) is 0 Å². The minimum atomic E-state index is -0.193. The van der Waals surface area contributed by atoms with Crippen molar-refractivity contribution in [2.75, 3.05) is 13.6 Å². The highest BCUT2D eigenvalue weighted by Crippen LogP contribution is 2.09. The van der Waals surface area contributed by atoms with Crippen molar-refractivity contribution in [1.82, 2.24) is 10.6 Å². The molecule has 0 aliphatic heterocycles. The molecule has 0 atom stereocenters. The van der Waals surface area contributed by atoms with Gasteiger partial charge < -0.3 is 20.1 Å². The van der Waals surface area contributed by atoms with Crippen LogP contribution in [0, 0.1) is 0 Å². The fourth-order valence-corrected chi connectivity index (χ4v) is 1.33. The molecule has 0 aromatic heterocycles. The Morgan fingerprint density at radius 2 is 1.65 bits per heavy atom. The van der Waals surface area contributed by atoms with Crippen LogP contribution in [0.4, 0.5) is 4.79 Å². The predicted octanol–water partition coefficient (Wildman–Crippen LogP) is 1.87. The Morgan fingerprint density at radius 1 is 1.12 bits per heavy atom. The highest BCUT2D eigenvalue weighted by molar-refractivity contribution is 5.73. The summed E-state index contributed by atoms with van der Waals surface area (Å²) in [7, 11) is 1.60. The Bertz CT molecular complexity index is 198. The second kappa shape index (κ2) is 9.24. The first-order valence-corrected chi connectivity index (χ1v) is 6.22. The van der Waals surface area contributed by atoms with Gasteiger partial charge in [0.15, 0.2) is 6.29 Å². The van der Waals surface area contributed by atoms with Crippen molar-refractivity contribution >= 4 is 6.03 Å². The molecule has 17 heavy (non-hydrogen) atoms. The van der Waals surface area contributed by atoms with Crippen LogP contribution in [-0.4, -0.2) is 38.1 Å². The summed E-state index contributed by atoms with van der Waals surface area (Å²) in [6, 6.07) is -0.156. The van der Waals surface area contributed by atoms with Gasteiger partial charge in [-0.3, -0.25) is 0 Å². The van der Waals surface area contributed by atoms with E-state index in [1.165, 1.54) is 0 Å². The summed E-state index contributed by atoms with van der Waals surface area (Å²) in [6.07, 6.45) is 1.70. The van der Waals surface area contributed by atoms with Crippen LogP contribution in [0.1, 0.15) is 40.5 Å². The van der Waals surface area contributed by atoms with E-state index in [0.29, 0.717) is 6.54 Å². The van der Waals surface area contributed by atoms with Gasteiger partial charge in [-0.05, 0) is 34.1 Å². The molecule has 0 heterocycles. The van der Waals surface area contributed by atoms with E-state index in [0.717, 1.165) is 12.8 Å². The van der Waals surface area contributed by atoms with E-state index in [2.05, 4.69) is 10.6 Å². The van der Waals surface area contributed by atoms with E-state index in [1.807, 2.05) is 27.7 Å². The summed E-state index contributed by atoms with van der Waals surface area (Å²) in [6.45, 7) is 8.57. The summed E-state index contributed by atoms with van der Waals surface area (Å²) in [5, 5.41) is 5.24. The van der Waals surface area contributed by atoms with Crippen LogP contribution in [0.15, 0.2) is 0 Å². The molecule has 0 radical (unpaired) electrons. The van der Waals surface area contributed by atoms with E-state index in [4.69, 9.17) is 9.47 Å². The molecule has 2 amide bonds. The Labute approximate surface area is 104 Å². The quantitative estimate of drug-likeness (QED) is 0.508. The summed E-state index contributed by atoms with van der Waals surface area (Å²) in [5.41, 5.74) is 0. The minimum absolute atomic E-state index is 0.144. The van der Waals surface area contributed by atoms with Crippen molar-refractivity contribution in [2.45, 2.75) is 59.0 Å². The zero-order chi connectivity index (χ0) is 13.3. The number of ether oxygens (including phenoxy) is 2. The van der Waals surface area contributed by atoms with Gasteiger partial charge in [0.25, 0.3) is 0 Å². The summed E-state index contributed by atoms with van der Waals surface area (Å²) >= 11 is 0. The van der Waals surface area contributed by atoms with E-state index in [-0.39, 0.29) is 24.5 Å². The number of carbonyl (C=O) groups is 1. The van der Waals surface area contributed by atoms with Gasteiger partial charge in [-0.2, -0.15) is 0 Å². The molecule has 2 N–H and O–H groups in total. The number of urea groups is 1. The van der Waals surface area contributed by atoms with Gasteiger partial charge in [0.1, 0.15) is 0 Å². The lowest BCUT2D eigenvalue weighted by Crippen LogP contribution is -2.34. The maximum atomic E-state index is 10.9. The SMILES string of the molecule is CNC(=O)NCCCC(OC(C)C)OC(C)C. The Balaban J connectivity index is 3.79. The van der Waals surface area contributed by atoms with Crippen LogP contribution < -0.4 is 10.6 Å². The number of amides is 2. The van der Waals surface area contributed by atoms with Crippen LogP contribution >= 0.6 is 0 Å². The number of nitrogens with one attached hydrogen (secondary N) is 2. The Morgan fingerprint density at radius 3 is 2.06 bits per heavy atom. The van der Waals surface area contributed by atoms with Crippen molar-refractivity contribution < 1.29 is 14.3 Å². The molecular weight excluding hydrogens is 220 g/mol. The molecule has 0 spiro atoms. The first-order chi connectivity index (χ1) is 7.95. The van der Waals surface area contributed by atoms with Crippen molar-refractivity contribution in [2.24, 2.45) is 0 Å². The molecule has 0 bridgehead atoms. The summed E-state index contributed by atoms with van der Waals surface area (Å²) in [5.74, 6) is 0. The van der Waals surface area contributed by atoms with Gasteiger partial charge in [-0.15, -0.1) is 0 Å². The van der Waals surface area contributed by atoms with E-state index in [9.17, 15) is 4.79 Å². The average molecular weight is 246 g/mol. The molecule has 0 aromatic rings. The fourth-order valence-electron chi connectivity index (χ4n) is 1.33. The van der Waals surface area contributed by atoms with Gasteiger partial charge in [-0.25, -0.2) is 4.79 Å². The molecule has 5 nitrogen and oxygen atoms in total. The highest BCUT2D eigenvalue weighted by Gasteiger charge is 2.13. The third kappa shape index (κ3) is 10.1. The molecule has 102 valence electrons. The standard InChI is InChI=1S/C12H26N2O3/c1-9(2)16-11(17-10(3)4)7-6-8-14-12(15)13-5/h9-11H,6-8H2,1-5H3,(H2,13,14,15). The molecule has 0 aromatic carbocycles. The zero-order valence-corrected chi connectivity index (χ0v) is 11.6. The molecule has 0 rings (SSSR count). The maximum absolute atomic E-state index is 10.9. The lowest BCUT2D eigenvalue weighted by atomic mass is 10.3. The van der Waals surface area contributed by atoms with E-state index >= 15 is 0 Å². The zero-order valence-electron chi connectivity index (χ0n) is 11.6. The number of rotatable bonds is 8. The van der Waals surface area contributed by atoms with E-state index < -0.39 is 0 Å². The predicted molar refractivity (Wildman–Crippen MR) is 67.9 cm³/mol. The molecule has 0 unspecified atom stereocenters. The van der Waals surface area contributed by atoms with Crippen LogP contribution in [0.3, 0.4) is 0 Å². The molecule has 0 saturated heterocycles. The van der Waals surface area contributed by atoms with Crippen molar-refractivity contribution in [3.63, 3.8) is 0 Å². The molecular formula is C12H26N2O3. The molecule has 0 fully saturated rings. The number of hydrogen-bond donors (Lipinski definition) is 2. The molecule has 0 aliphatic rings. The first-order valence-electron chi connectivity index (χ1n) is 6.22. The highest BCUT2D eigenvalue weighted by atomic mass is 16.7. The second-order valence-corrected chi connectivity index (χ2v) is 4.45. The lowest BCUT2D eigenvalue weighted by Gasteiger charge is -2.23. The van der Waals surface area contributed by atoms with Gasteiger partial charge in [0, 0.05) is 20.0 Å². The normalized spacial score (nSPS) is 11.3. The van der Waals surface area contributed by atoms with Crippen molar-refractivity contribution in [1.29, 1.82) is 0 Å². The number of hydrogen-bond acceptors (Lipinski definition) is 3. The monoisotopic (exact) mass is 246 g/mol. The maximum Gasteiger partial charge on any atom is 0.314 e. The Hall–Kier alpha value is -0.810. The molecule has 5 heteroatoms. The second-order valence-electron chi connectivity index (χ2n) is 4.45. The van der Waals surface area contributed by atoms with Gasteiger partial charge >= 0.3 is 6.03 Å². The van der Waals surface area contributed by atoms with Crippen molar-refractivity contribution in [3.05, 3.63) is 0 Å². The topological polar surface area (TPSA) is 59.6 Å². The largest absolute Gasteiger partial charge is 0.350 e. The molecule has 0 saturated carbocycles. The van der Waals surface area contributed by atoms with Crippen LogP contribution in [0.5, 0.6) is 0 Å². The fraction of sp³-hybridized carbons (Fsp3) is 0.917. The third-order valence-corrected chi connectivity index (χ3v) is 1.98. The van der Waals surface area contributed by atoms with Crippen LogP contribution in [-0.2, 0) is 9.47 Å². The molecule has 0 aliphatic carbocycles. The van der Waals surface area contributed by atoms with Gasteiger partial charge in [0.05, 0.1) is 12.2 Å². The summed E-state index contributed by atoms with van der Waals surface area (Å²) < 4.78 is 11.3. The smallest absolute Gasteiger partial charge is 0.314 e. The third-order valence-electron chi connectivity index (χ3n) is 1.98.